The van der Waals surface area contributed by atoms with E-state index in [2.05, 4.69) is 5.32 Å². The fourth-order valence-electron chi connectivity index (χ4n) is 5.97. The number of Topliss-reactive ketones (excluding diaryl/α,β-unsaturated/α-hetero) is 2. The van der Waals surface area contributed by atoms with E-state index in [1.807, 2.05) is 0 Å². The Labute approximate surface area is 247 Å². The number of nitrogens with one attached hydrogen (secondary N) is 1. The van der Waals surface area contributed by atoms with Crippen LogP contribution in [0.5, 0.6) is 5.75 Å². The number of phenolic OH excluding ortho intramolecular Hbond substituents is 1. The Hall–Kier alpha value is -3.03. The number of aliphatic hydroxyl groups excluding tert-OH is 2. The average molecular weight is 622 g/mol. The summed E-state index contributed by atoms with van der Waals surface area (Å²) in [4.78, 5) is 54.2. The standard InChI is InChI=1S/C25H29ClN4O8.2ClH/c1-29(2)13-7-12(28-14(31)8-26)19(32)16-10(13)5-9-6-11-18(30(3)4)21(34)17(24(27)37)23(36)25(11,38)22(35)15(9)20(16)33;;/h7,9,11,18,32-33,36,38H,5-6,8H2,1-4H3,(H2,27,37)(H,28,31);2*1H/t9?,11?,18-,25-;;/m0../s1. The van der Waals surface area contributed by atoms with Gasteiger partial charge in [0.25, 0.3) is 5.91 Å². The highest BCUT2D eigenvalue weighted by molar-refractivity contribution is 6.29. The lowest BCUT2D eigenvalue weighted by Crippen LogP contribution is -2.65. The Morgan fingerprint density at radius 3 is 2.25 bits per heavy atom. The van der Waals surface area contributed by atoms with E-state index >= 15 is 0 Å². The second kappa shape index (κ2) is 11.5. The Morgan fingerprint density at radius 2 is 1.75 bits per heavy atom. The number of nitrogens with zero attached hydrogens (tertiary/aromatic N) is 2. The fourth-order valence-corrected chi connectivity index (χ4v) is 6.04. The minimum absolute atomic E-state index is 0. The number of aromatic hydroxyl groups is 1. The molecule has 4 rings (SSSR count). The predicted octanol–water partition coefficient (Wildman–Crippen LogP) is 1.05. The molecule has 15 heteroatoms. The second-order valence-corrected chi connectivity index (χ2v) is 10.5. The number of alkyl halides is 1. The summed E-state index contributed by atoms with van der Waals surface area (Å²) >= 11 is 5.59. The molecule has 0 heterocycles. The smallest absolute Gasteiger partial charge is 0.255 e. The molecule has 220 valence electrons. The number of likely N-dealkylation sites (N-methyl/N-ethyl adjacent to an activating group) is 1. The number of hydrogen-bond acceptors (Lipinski definition) is 10. The third-order valence-electron chi connectivity index (χ3n) is 7.57. The summed E-state index contributed by atoms with van der Waals surface area (Å²) in [5.41, 5.74) is 2.27. The van der Waals surface area contributed by atoms with Crippen molar-refractivity contribution in [2.24, 2.45) is 17.6 Å². The van der Waals surface area contributed by atoms with Crippen LogP contribution in [0.15, 0.2) is 23.0 Å². The van der Waals surface area contributed by atoms with Crippen LogP contribution in [0.3, 0.4) is 0 Å². The number of ketones is 2. The number of carbonyl (C=O) groups excluding carboxylic acids is 4. The maximum Gasteiger partial charge on any atom is 0.255 e. The van der Waals surface area contributed by atoms with Gasteiger partial charge in [0, 0.05) is 31.3 Å². The quantitative estimate of drug-likeness (QED) is 0.157. The highest BCUT2D eigenvalue weighted by atomic mass is 35.5. The molecule has 40 heavy (non-hydrogen) atoms. The molecular weight excluding hydrogens is 591 g/mol. The summed E-state index contributed by atoms with van der Waals surface area (Å²) in [5, 5.41) is 47.4. The number of nitrogens with two attached hydrogens (primary N) is 1. The van der Waals surface area contributed by atoms with E-state index in [4.69, 9.17) is 17.3 Å². The number of primary amides is 1. The maximum absolute atomic E-state index is 13.9. The van der Waals surface area contributed by atoms with E-state index in [1.54, 1.807) is 19.0 Å². The number of halogens is 3. The number of amides is 2. The molecule has 1 fully saturated rings. The Balaban J connectivity index is 0.00000280. The van der Waals surface area contributed by atoms with Crippen molar-refractivity contribution >= 4 is 76.9 Å². The Morgan fingerprint density at radius 1 is 1.15 bits per heavy atom. The van der Waals surface area contributed by atoms with Crippen LogP contribution in [-0.4, -0.2) is 94.4 Å². The van der Waals surface area contributed by atoms with Gasteiger partial charge in [0.1, 0.15) is 28.7 Å². The van der Waals surface area contributed by atoms with Crippen LogP contribution >= 0.6 is 36.4 Å². The highest BCUT2D eigenvalue weighted by Gasteiger charge is 2.64. The molecule has 3 aliphatic rings. The number of aliphatic hydroxyl groups is 3. The van der Waals surface area contributed by atoms with E-state index in [1.165, 1.54) is 25.1 Å². The zero-order valence-corrected chi connectivity index (χ0v) is 24.4. The van der Waals surface area contributed by atoms with Crippen LogP contribution in [0.25, 0.3) is 5.76 Å². The normalized spacial score (nSPS) is 25.3. The molecule has 0 saturated heterocycles. The molecule has 4 atom stereocenters. The predicted molar refractivity (Wildman–Crippen MR) is 152 cm³/mol. The number of carbonyl (C=O) groups is 4. The van der Waals surface area contributed by atoms with Gasteiger partial charge in [-0.1, -0.05) is 0 Å². The molecule has 0 spiro atoms. The number of phenols is 1. The first-order valence-electron chi connectivity index (χ1n) is 11.7. The van der Waals surface area contributed by atoms with Crippen molar-refractivity contribution in [3.05, 3.63) is 34.1 Å². The Bertz CT molecular complexity index is 1360. The minimum Gasteiger partial charge on any atom is -0.508 e. The molecule has 1 saturated carbocycles. The number of fused-ring (bicyclic) bond motifs is 3. The summed E-state index contributed by atoms with van der Waals surface area (Å²) in [6, 6.07) is 0.348. The monoisotopic (exact) mass is 620 g/mol. The molecule has 3 aliphatic carbocycles. The van der Waals surface area contributed by atoms with Gasteiger partial charge in [0.15, 0.2) is 11.4 Å². The van der Waals surface area contributed by atoms with Crippen molar-refractivity contribution in [3.63, 3.8) is 0 Å². The lowest BCUT2D eigenvalue weighted by molar-refractivity contribution is -0.153. The van der Waals surface area contributed by atoms with Crippen LogP contribution in [0.1, 0.15) is 17.5 Å². The van der Waals surface area contributed by atoms with Crippen LogP contribution in [0.2, 0.25) is 0 Å². The van der Waals surface area contributed by atoms with Crippen LogP contribution in [0.4, 0.5) is 11.4 Å². The fraction of sp³-hybridized carbons (Fsp3) is 0.440. The molecule has 12 nitrogen and oxygen atoms in total. The van der Waals surface area contributed by atoms with Gasteiger partial charge in [-0.15, -0.1) is 36.4 Å². The van der Waals surface area contributed by atoms with Gasteiger partial charge >= 0.3 is 0 Å². The lowest BCUT2D eigenvalue weighted by atomic mass is 9.57. The number of rotatable bonds is 5. The third kappa shape index (κ3) is 4.67. The molecule has 1 aromatic rings. The third-order valence-corrected chi connectivity index (χ3v) is 7.82. The average Bonchev–Trinajstić information content (AvgIpc) is 2.82. The topological polar surface area (TPSA) is 194 Å². The first kappa shape index (κ1) is 33.2. The van der Waals surface area contributed by atoms with Gasteiger partial charge in [-0.3, -0.25) is 24.1 Å². The van der Waals surface area contributed by atoms with Gasteiger partial charge in [-0.05, 0) is 44.5 Å². The number of benzene rings is 1. The molecule has 0 aromatic heterocycles. The zero-order valence-electron chi connectivity index (χ0n) is 22.0. The van der Waals surface area contributed by atoms with Gasteiger partial charge in [-0.25, -0.2) is 0 Å². The van der Waals surface area contributed by atoms with Crippen LogP contribution in [-0.2, 0) is 25.6 Å². The van der Waals surface area contributed by atoms with E-state index in [0.717, 1.165) is 0 Å². The van der Waals surface area contributed by atoms with E-state index < -0.39 is 75.6 Å². The molecule has 2 amide bonds. The summed E-state index contributed by atoms with van der Waals surface area (Å²) in [6.07, 6.45) is 0.101. The molecule has 7 N–H and O–H groups in total. The lowest BCUT2D eigenvalue weighted by Gasteiger charge is -2.50. The van der Waals surface area contributed by atoms with Crippen LogP contribution < -0.4 is 16.0 Å². The van der Waals surface area contributed by atoms with Crippen LogP contribution in [0, 0.1) is 11.8 Å². The maximum atomic E-state index is 13.9. The first-order chi connectivity index (χ1) is 17.7. The highest BCUT2D eigenvalue weighted by Crippen LogP contribution is 2.54. The van der Waals surface area contributed by atoms with Crippen molar-refractivity contribution in [2.45, 2.75) is 24.5 Å². The number of hydrogen-bond donors (Lipinski definition) is 6. The largest absolute Gasteiger partial charge is 0.508 e. The van der Waals surface area contributed by atoms with Crippen molar-refractivity contribution in [3.8, 4) is 5.75 Å². The van der Waals surface area contributed by atoms with E-state index in [9.17, 15) is 39.6 Å². The van der Waals surface area contributed by atoms with Gasteiger partial charge in [0.2, 0.25) is 11.7 Å². The van der Waals surface area contributed by atoms with Gasteiger partial charge < -0.3 is 36.4 Å². The molecular formula is C25H31Cl3N4O8. The zero-order chi connectivity index (χ0) is 28.4. The summed E-state index contributed by atoms with van der Waals surface area (Å²) in [7, 11) is 6.51. The van der Waals surface area contributed by atoms with Crippen molar-refractivity contribution in [1.29, 1.82) is 0 Å². The van der Waals surface area contributed by atoms with Gasteiger partial charge in [0.05, 0.1) is 17.3 Å². The van der Waals surface area contributed by atoms with Gasteiger partial charge in [-0.2, -0.15) is 0 Å². The molecule has 0 aliphatic heterocycles. The van der Waals surface area contributed by atoms with Crippen molar-refractivity contribution < 1.29 is 39.6 Å². The first-order valence-corrected chi connectivity index (χ1v) is 12.3. The Kier molecular flexibility index (Phi) is 9.50. The van der Waals surface area contributed by atoms with E-state index in [-0.39, 0.29) is 54.5 Å². The molecule has 0 radical (unpaired) electrons. The molecule has 2 unspecified atom stereocenters. The summed E-state index contributed by atoms with van der Waals surface area (Å²) in [6.45, 7) is 0. The molecule has 1 aromatic carbocycles. The van der Waals surface area contributed by atoms with Crippen molar-refractivity contribution in [2.75, 3.05) is 44.3 Å². The molecule has 0 bridgehead atoms. The van der Waals surface area contributed by atoms with Crippen molar-refractivity contribution in [1.82, 2.24) is 4.90 Å². The SMILES string of the molecule is CN(C)c1cc(NC(=O)CCl)c(O)c2c1CC1CC3[C@H](N(C)C)C(=O)C(C(N)=O)=C(O)[C@@]3(O)C(=O)C1=C2O.Cl.Cl. The second-order valence-electron chi connectivity index (χ2n) is 10.2. The number of anilines is 2. The summed E-state index contributed by atoms with van der Waals surface area (Å²) in [5.74, 6) is -8.44. The van der Waals surface area contributed by atoms with E-state index in [0.29, 0.717) is 11.3 Å². The minimum atomic E-state index is -2.73. The summed E-state index contributed by atoms with van der Waals surface area (Å²) < 4.78 is 0.